The van der Waals surface area contributed by atoms with Crippen molar-refractivity contribution in [1.29, 1.82) is 0 Å². The summed E-state index contributed by atoms with van der Waals surface area (Å²) in [5.41, 5.74) is 4.88. The molecule has 0 spiro atoms. The molecule has 0 aromatic heterocycles. The Bertz CT molecular complexity index is 500. The third-order valence-corrected chi connectivity index (χ3v) is 2.76. The van der Waals surface area contributed by atoms with Crippen LogP contribution in [0.1, 0.15) is 13.8 Å². The van der Waals surface area contributed by atoms with Crippen molar-refractivity contribution in [3.63, 3.8) is 0 Å². The SMILES string of the molecule is COc1ccc(NC(=O)C(C)(C)CN)cc1[N+](=O)[O-]. The van der Waals surface area contributed by atoms with E-state index >= 15 is 0 Å². The van der Waals surface area contributed by atoms with Crippen molar-refractivity contribution in [2.45, 2.75) is 13.8 Å². The summed E-state index contributed by atoms with van der Waals surface area (Å²) < 4.78 is 4.88. The molecule has 7 nitrogen and oxygen atoms in total. The summed E-state index contributed by atoms with van der Waals surface area (Å²) in [6.07, 6.45) is 0. The van der Waals surface area contributed by atoms with Crippen LogP contribution in [0.5, 0.6) is 5.75 Å². The van der Waals surface area contributed by atoms with E-state index in [1.807, 2.05) is 0 Å². The first-order valence-electron chi connectivity index (χ1n) is 5.66. The second-order valence-corrected chi connectivity index (χ2v) is 4.69. The standard InChI is InChI=1S/C12H17N3O4/c1-12(2,7-13)11(16)14-8-4-5-10(19-3)9(6-8)15(17)18/h4-6H,7,13H2,1-3H3,(H,14,16). The van der Waals surface area contributed by atoms with Crippen molar-refractivity contribution in [2.24, 2.45) is 11.1 Å². The molecule has 0 radical (unpaired) electrons. The Balaban J connectivity index is 3.01. The van der Waals surface area contributed by atoms with Crippen LogP contribution >= 0.6 is 0 Å². The molecule has 0 fully saturated rings. The van der Waals surface area contributed by atoms with Gasteiger partial charge < -0.3 is 15.8 Å². The smallest absolute Gasteiger partial charge is 0.312 e. The number of methoxy groups -OCH3 is 1. The number of rotatable bonds is 5. The van der Waals surface area contributed by atoms with Crippen LogP contribution in [0.15, 0.2) is 18.2 Å². The highest BCUT2D eigenvalue weighted by atomic mass is 16.6. The van der Waals surface area contributed by atoms with E-state index in [1.165, 1.54) is 25.3 Å². The monoisotopic (exact) mass is 267 g/mol. The fraction of sp³-hybridized carbons (Fsp3) is 0.417. The van der Waals surface area contributed by atoms with E-state index in [-0.39, 0.29) is 23.9 Å². The third-order valence-electron chi connectivity index (χ3n) is 2.76. The van der Waals surface area contributed by atoms with Gasteiger partial charge in [-0.1, -0.05) is 0 Å². The molecule has 1 aromatic carbocycles. The molecular weight excluding hydrogens is 250 g/mol. The molecule has 7 heteroatoms. The Labute approximate surface area is 110 Å². The van der Waals surface area contributed by atoms with Gasteiger partial charge in [0, 0.05) is 18.3 Å². The molecule has 0 saturated heterocycles. The Morgan fingerprint density at radius 2 is 2.16 bits per heavy atom. The molecule has 3 N–H and O–H groups in total. The van der Waals surface area contributed by atoms with E-state index < -0.39 is 10.3 Å². The topological polar surface area (TPSA) is 107 Å². The molecule has 0 heterocycles. The average Bonchev–Trinajstić information content (AvgIpc) is 2.38. The van der Waals surface area contributed by atoms with Crippen molar-refractivity contribution in [3.05, 3.63) is 28.3 Å². The lowest BCUT2D eigenvalue weighted by atomic mass is 9.92. The number of anilines is 1. The molecule has 0 atom stereocenters. The molecule has 1 amide bonds. The highest BCUT2D eigenvalue weighted by molar-refractivity contribution is 5.95. The number of nitro groups is 1. The summed E-state index contributed by atoms with van der Waals surface area (Å²) in [5, 5.41) is 13.5. The van der Waals surface area contributed by atoms with Gasteiger partial charge >= 0.3 is 5.69 Å². The molecular formula is C12H17N3O4. The van der Waals surface area contributed by atoms with Gasteiger partial charge in [-0.2, -0.15) is 0 Å². The average molecular weight is 267 g/mol. The maximum Gasteiger partial charge on any atom is 0.312 e. The molecule has 0 saturated carbocycles. The number of hydrogen-bond acceptors (Lipinski definition) is 5. The van der Waals surface area contributed by atoms with Crippen molar-refractivity contribution < 1.29 is 14.5 Å². The van der Waals surface area contributed by atoms with Gasteiger partial charge in [0.15, 0.2) is 5.75 Å². The molecule has 0 aliphatic heterocycles. The van der Waals surface area contributed by atoms with Crippen LogP contribution in [0.3, 0.4) is 0 Å². The lowest BCUT2D eigenvalue weighted by molar-refractivity contribution is -0.385. The summed E-state index contributed by atoms with van der Waals surface area (Å²) in [5.74, 6) is -0.157. The molecule has 104 valence electrons. The predicted molar refractivity (Wildman–Crippen MR) is 71.1 cm³/mol. The fourth-order valence-electron chi connectivity index (χ4n) is 1.30. The van der Waals surface area contributed by atoms with Crippen LogP contribution in [0.4, 0.5) is 11.4 Å². The summed E-state index contributed by atoms with van der Waals surface area (Å²) in [4.78, 5) is 22.2. The van der Waals surface area contributed by atoms with Gasteiger partial charge in [0.25, 0.3) is 0 Å². The first-order chi connectivity index (χ1) is 8.81. The second-order valence-electron chi connectivity index (χ2n) is 4.69. The molecule has 19 heavy (non-hydrogen) atoms. The number of ether oxygens (including phenoxy) is 1. The zero-order valence-electron chi connectivity index (χ0n) is 11.1. The van der Waals surface area contributed by atoms with Crippen molar-refractivity contribution in [1.82, 2.24) is 0 Å². The minimum atomic E-state index is -0.741. The van der Waals surface area contributed by atoms with Crippen LogP contribution in [-0.2, 0) is 4.79 Å². The zero-order chi connectivity index (χ0) is 14.6. The van der Waals surface area contributed by atoms with Crippen LogP contribution in [-0.4, -0.2) is 24.5 Å². The van der Waals surface area contributed by atoms with Gasteiger partial charge in [0.2, 0.25) is 5.91 Å². The lowest BCUT2D eigenvalue weighted by Gasteiger charge is -2.21. The molecule has 0 aliphatic carbocycles. The minimum absolute atomic E-state index is 0.140. The van der Waals surface area contributed by atoms with Gasteiger partial charge in [-0.3, -0.25) is 14.9 Å². The van der Waals surface area contributed by atoms with Gasteiger partial charge in [-0.05, 0) is 26.0 Å². The summed E-state index contributed by atoms with van der Waals surface area (Å²) in [6, 6.07) is 4.23. The number of carbonyl (C=O) groups excluding carboxylic acids is 1. The fourth-order valence-corrected chi connectivity index (χ4v) is 1.30. The van der Waals surface area contributed by atoms with Crippen molar-refractivity contribution in [3.8, 4) is 5.75 Å². The van der Waals surface area contributed by atoms with Gasteiger partial charge in [0.05, 0.1) is 17.4 Å². The number of nitrogens with zero attached hydrogens (tertiary/aromatic N) is 1. The third kappa shape index (κ3) is 3.41. The quantitative estimate of drug-likeness (QED) is 0.621. The van der Waals surface area contributed by atoms with Gasteiger partial charge in [-0.25, -0.2) is 0 Å². The normalized spacial score (nSPS) is 10.9. The Morgan fingerprint density at radius 3 is 2.63 bits per heavy atom. The number of nitrogens with one attached hydrogen (secondary N) is 1. The van der Waals surface area contributed by atoms with Crippen molar-refractivity contribution >= 4 is 17.3 Å². The first kappa shape index (κ1) is 14.9. The van der Waals surface area contributed by atoms with Crippen molar-refractivity contribution in [2.75, 3.05) is 19.0 Å². The van der Waals surface area contributed by atoms with Crippen LogP contribution < -0.4 is 15.8 Å². The van der Waals surface area contributed by atoms with Crippen LogP contribution in [0.2, 0.25) is 0 Å². The molecule has 1 aromatic rings. The van der Waals surface area contributed by atoms with E-state index in [4.69, 9.17) is 10.5 Å². The van der Waals surface area contributed by atoms with E-state index in [1.54, 1.807) is 13.8 Å². The van der Waals surface area contributed by atoms with Crippen LogP contribution in [0.25, 0.3) is 0 Å². The predicted octanol–water partition coefficient (Wildman–Crippen LogP) is 1.53. The Kier molecular flexibility index (Phi) is 4.44. The maximum absolute atomic E-state index is 11.9. The second kappa shape index (κ2) is 5.66. The van der Waals surface area contributed by atoms with E-state index in [9.17, 15) is 14.9 Å². The summed E-state index contributed by atoms with van der Waals surface area (Å²) in [7, 11) is 1.35. The summed E-state index contributed by atoms with van der Waals surface area (Å²) >= 11 is 0. The highest BCUT2D eigenvalue weighted by Gasteiger charge is 2.26. The molecule has 0 bridgehead atoms. The highest BCUT2D eigenvalue weighted by Crippen LogP contribution is 2.30. The number of nitro benzene ring substituents is 1. The molecule has 1 rings (SSSR count). The minimum Gasteiger partial charge on any atom is -0.490 e. The van der Waals surface area contributed by atoms with E-state index in [2.05, 4.69) is 5.32 Å². The summed E-state index contributed by atoms with van der Waals surface area (Å²) in [6.45, 7) is 3.57. The number of hydrogen-bond donors (Lipinski definition) is 2. The number of amides is 1. The maximum atomic E-state index is 11.9. The Hall–Kier alpha value is -2.15. The number of benzene rings is 1. The number of carbonyl (C=O) groups is 1. The lowest BCUT2D eigenvalue weighted by Crippen LogP contribution is -2.37. The number of nitrogens with two attached hydrogens (primary N) is 1. The molecule has 0 aliphatic rings. The van der Waals surface area contributed by atoms with E-state index in [0.717, 1.165) is 0 Å². The largest absolute Gasteiger partial charge is 0.490 e. The zero-order valence-corrected chi connectivity index (χ0v) is 11.1. The molecule has 0 unspecified atom stereocenters. The van der Waals surface area contributed by atoms with Crippen LogP contribution in [0, 0.1) is 15.5 Å². The van der Waals surface area contributed by atoms with E-state index in [0.29, 0.717) is 5.69 Å². The van der Waals surface area contributed by atoms with Gasteiger partial charge in [-0.15, -0.1) is 0 Å². The van der Waals surface area contributed by atoms with Gasteiger partial charge in [0.1, 0.15) is 0 Å². The Morgan fingerprint density at radius 1 is 1.53 bits per heavy atom. The first-order valence-corrected chi connectivity index (χ1v) is 5.66.